The summed E-state index contributed by atoms with van der Waals surface area (Å²) in [6, 6.07) is 0.652. The number of hydrogen-bond acceptors (Lipinski definition) is 4. The van der Waals surface area contributed by atoms with E-state index in [1.54, 1.807) is 10.6 Å². The highest BCUT2D eigenvalue weighted by atomic mass is 19.4. The van der Waals surface area contributed by atoms with Crippen LogP contribution in [-0.2, 0) is 4.79 Å². The van der Waals surface area contributed by atoms with Crippen LogP contribution >= 0.6 is 0 Å². The predicted octanol–water partition coefficient (Wildman–Crippen LogP) is 2.64. The standard InChI is InChI=1S/C17H20F3N3O4/c1-9-5-3-6-11(10(9)2)23-14(25)16(17(18,19)20,22-15(23)26)21-13(24)12-7-4-8-27-12/h4,7-11H,3,5-6H2,1-2H3,(H,21,24)(H,22,26)/t9-,10+,11+,16-/m1/s1. The van der Waals surface area contributed by atoms with Crippen LogP contribution in [0.1, 0.15) is 43.7 Å². The molecule has 4 amide bonds. The van der Waals surface area contributed by atoms with E-state index in [0.29, 0.717) is 17.7 Å². The van der Waals surface area contributed by atoms with Crippen molar-refractivity contribution in [3.63, 3.8) is 0 Å². The van der Waals surface area contributed by atoms with Gasteiger partial charge in [-0.05, 0) is 30.4 Å². The molecule has 0 unspecified atom stereocenters. The van der Waals surface area contributed by atoms with Gasteiger partial charge in [-0.1, -0.05) is 26.7 Å². The van der Waals surface area contributed by atoms with Crippen LogP contribution in [0.3, 0.4) is 0 Å². The second-order valence-electron chi connectivity index (χ2n) is 7.12. The molecular formula is C17H20F3N3O4. The second-order valence-corrected chi connectivity index (χ2v) is 7.12. The molecule has 10 heteroatoms. The monoisotopic (exact) mass is 387 g/mol. The summed E-state index contributed by atoms with van der Waals surface area (Å²) in [5.41, 5.74) is -3.52. The highest BCUT2D eigenvalue weighted by Crippen LogP contribution is 2.39. The summed E-state index contributed by atoms with van der Waals surface area (Å²) < 4.78 is 46.3. The number of urea groups is 1. The van der Waals surface area contributed by atoms with Gasteiger partial charge in [0, 0.05) is 6.04 Å². The van der Waals surface area contributed by atoms with Gasteiger partial charge in [-0.15, -0.1) is 0 Å². The van der Waals surface area contributed by atoms with E-state index in [2.05, 4.69) is 0 Å². The first-order valence-electron chi connectivity index (χ1n) is 8.67. The van der Waals surface area contributed by atoms with Crippen LogP contribution < -0.4 is 10.6 Å². The smallest absolute Gasteiger partial charge is 0.440 e. The Morgan fingerprint density at radius 1 is 1.33 bits per heavy atom. The van der Waals surface area contributed by atoms with Gasteiger partial charge in [0.15, 0.2) is 5.76 Å². The molecule has 1 saturated heterocycles. The molecule has 1 aromatic rings. The van der Waals surface area contributed by atoms with Crippen molar-refractivity contribution in [2.75, 3.05) is 0 Å². The number of imide groups is 1. The largest absolute Gasteiger partial charge is 0.459 e. The average Bonchev–Trinajstić information content (AvgIpc) is 3.18. The topological polar surface area (TPSA) is 91.7 Å². The molecule has 2 N–H and O–H groups in total. The molecule has 1 saturated carbocycles. The van der Waals surface area contributed by atoms with E-state index in [1.165, 1.54) is 6.07 Å². The van der Waals surface area contributed by atoms with E-state index >= 15 is 0 Å². The normalized spacial score (nSPS) is 31.7. The van der Waals surface area contributed by atoms with Crippen LogP contribution in [0.4, 0.5) is 18.0 Å². The lowest BCUT2D eigenvalue weighted by Gasteiger charge is -2.38. The number of halogens is 3. The fourth-order valence-corrected chi connectivity index (χ4v) is 3.75. The molecule has 0 radical (unpaired) electrons. The molecular weight excluding hydrogens is 367 g/mol. The van der Waals surface area contributed by atoms with E-state index in [4.69, 9.17) is 4.42 Å². The lowest BCUT2D eigenvalue weighted by Crippen LogP contribution is -2.69. The van der Waals surface area contributed by atoms with Crippen molar-refractivity contribution in [3.05, 3.63) is 24.2 Å². The van der Waals surface area contributed by atoms with Gasteiger partial charge in [0.1, 0.15) is 0 Å². The summed E-state index contributed by atoms with van der Waals surface area (Å²) in [7, 11) is 0. The van der Waals surface area contributed by atoms with E-state index in [-0.39, 0.29) is 11.8 Å². The Kier molecular flexibility index (Phi) is 4.69. The van der Waals surface area contributed by atoms with E-state index in [0.717, 1.165) is 18.8 Å². The molecule has 0 bridgehead atoms. The number of rotatable bonds is 3. The summed E-state index contributed by atoms with van der Waals surface area (Å²) in [6.07, 6.45) is -2.13. The Balaban J connectivity index is 1.94. The second kappa shape index (κ2) is 6.58. The Bertz CT molecular complexity index is 749. The minimum atomic E-state index is -5.24. The molecule has 3 rings (SSSR count). The number of nitrogens with one attached hydrogen (secondary N) is 2. The van der Waals surface area contributed by atoms with Crippen LogP contribution in [0.2, 0.25) is 0 Å². The van der Waals surface area contributed by atoms with Gasteiger partial charge in [0.05, 0.1) is 6.26 Å². The van der Waals surface area contributed by atoms with Crippen molar-refractivity contribution in [2.24, 2.45) is 11.8 Å². The first-order chi connectivity index (χ1) is 12.6. The van der Waals surface area contributed by atoms with E-state index in [1.807, 2.05) is 13.8 Å². The number of furan rings is 1. The van der Waals surface area contributed by atoms with Crippen molar-refractivity contribution < 1.29 is 32.0 Å². The highest BCUT2D eigenvalue weighted by molar-refractivity contribution is 6.10. The maximum atomic E-state index is 13.8. The number of carbonyl (C=O) groups excluding carboxylic acids is 3. The summed E-state index contributed by atoms with van der Waals surface area (Å²) in [5, 5.41) is 3.30. The van der Waals surface area contributed by atoms with Crippen LogP contribution in [0.5, 0.6) is 0 Å². The molecule has 7 nitrogen and oxygen atoms in total. The van der Waals surface area contributed by atoms with Gasteiger partial charge in [-0.3, -0.25) is 19.8 Å². The van der Waals surface area contributed by atoms with Crippen LogP contribution in [0.15, 0.2) is 22.8 Å². The molecule has 0 aromatic carbocycles. The summed E-state index contributed by atoms with van der Waals surface area (Å²) >= 11 is 0. The third-order valence-electron chi connectivity index (χ3n) is 5.52. The SMILES string of the molecule is C[C@H]1[C@H](C)CCC[C@@H]1N1C(=O)N[C@@](NC(=O)c2ccco2)(C(F)(F)F)C1=O. The van der Waals surface area contributed by atoms with E-state index in [9.17, 15) is 27.6 Å². The van der Waals surface area contributed by atoms with Gasteiger partial charge in [0.25, 0.3) is 17.5 Å². The van der Waals surface area contributed by atoms with Crippen LogP contribution in [-0.4, -0.2) is 40.6 Å². The highest BCUT2D eigenvalue weighted by Gasteiger charge is 2.70. The molecule has 2 fully saturated rings. The molecule has 2 heterocycles. The fourth-order valence-electron chi connectivity index (χ4n) is 3.75. The minimum absolute atomic E-state index is 0.154. The van der Waals surface area contributed by atoms with Gasteiger partial charge < -0.3 is 9.73 Å². The molecule has 1 aliphatic carbocycles. The summed E-state index contributed by atoms with van der Waals surface area (Å²) in [4.78, 5) is 38.0. The number of alkyl halides is 3. The predicted molar refractivity (Wildman–Crippen MR) is 86.3 cm³/mol. The molecule has 1 aliphatic heterocycles. The van der Waals surface area contributed by atoms with Crippen molar-refractivity contribution in [1.82, 2.24) is 15.5 Å². The molecule has 2 aliphatic rings. The third-order valence-corrected chi connectivity index (χ3v) is 5.52. The van der Waals surface area contributed by atoms with Crippen molar-refractivity contribution in [3.8, 4) is 0 Å². The third kappa shape index (κ3) is 3.06. The molecule has 148 valence electrons. The molecule has 1 aromatic heterocycles. The maximum Gasteiger partial charge on any atom is 0.440 e. The number of amides is 4. The maximum absolute atomic E-state index is 13.8. The fraction of sp³-hybridized carbons (Fsp3) is 0.588. The van der Waals surface area contributed by atoms with Crippen LogP contribution in [0, 0.1) is 11.8 Å². The van der Waals surface area contributed by atoms with Gasteiger partial charge in [-0.2, -0.15) is 13.2 Å². The van der Waals surface area contributed by atoms with Crippen molar-refractivity contribution >= 4 is 17.8 Å². The number of nitrogens with zero attached hydrogens (tertiary/aromatic N) is 1. The molecule has 0 spiro atoms. The zero-order valence-electron chi connectivity index (χ0n) is 14.8. The van der Waals surface area contributed by atoms with Crippen molar-refractivity contribution in [2.45, 2.75) is 51.0 Å². The number of hydrogen-bond donors (Lipinski definition) is 2. The zero-order chi connectivity index (χ0) is 20.0. The van der Waals surface area contributed by atoms with Crippen LogP contribution in [0.25, 0.3) is 0 Å². The minimum Gasteiger partial charge on any atom is -0.459 e. The lowest BCUT2D eigenvalue weighted by atomic mass is 9.77. The molecule has 4 atom stereocenters. The number of carbonyl (C=O) groups is 3. The first-order valence-corrected chi connectivity index (χ1v) is 8.67. The van der Waals surface area contributed by atoms with E-state index < -0.39 is 41.5 Å². The van der Waals surface area contributed by atoms with Gasteiger partial charge in [0.2, 0.25) is 0 Å². The Morgan fingerprint density at radius 2 is 2.04 bits per heavy atom. The zero-order valence-corrected chi connectivity index (χ0v) is 14.8. The molecule has 27 heavy (non-hydrogen) atoms. The average molecular weight is 387 g/mol. The Morgan fingerprint density at radius 3 is 2.63 bits per heavy atom. The van der Waals surface area contributed by atoms with Gasteiger partial charge >= 0.3 is 12.2 Å². The lowest BCUT2D eigenvalue weighted by molar-refractivity contribution is -0.201. The van der Waals surface area contributed by atoms with Crippen molar-refractivity contribution in [1.29, 1.82) is 0 Å². The Hall–Kier alpha value is -2.52. The Labute approximate surface area is 153 Å². The first kappa shape index (κ1) is 19.2. The quantitative estimate of drug-likeness (QED) is 0.780. The van der Waals surface area contributed by atoms with Gasteiger partial charge in [-0.25, -0.2) is 4.79 Å². The summed E-state index contributed by atoms with van der Waals surface area (Å²) in [5.74, 6) is -3.18. The summed E-state index contributed by atoms with van der Waals surface area (Å²) in [6.45, 7) is 3.75.